The second kappa shape index (κ2) is 7.63. The van der Waals surface area contributed by atoms with Crippen molar-refractivity contribution in [2.24, 2.45) is 5.92 Å². The zero-order valence-electron chi connectivity index (χ0n) is 16.1. The minimum absolute atomic E-state index is 0.181. The monoisotopic (exact) mass is 365 g/mol. The van der Waals surface area contributed by atoms with E-state index in [0.717, 1.165) is 55.0 Å². The lowest BCUT2D eigenvalue weighted by Crippen LogP contribution is -2.26. The molecule has 4 heteroatoms. The van der Waals surface area contributed by atoms with E-state index in [-0.39, 0.29) is 5.91 Å². The van der Waals surface area contributed by atoms with Crippen LogP contribution in [0.3, 0.4) is 0 Å². The number of hydrogen-bond donors (Lipinski definition) is 0. The van der Waals surface area contributed by atoms with Crippen molar-refractivity contribution in [3.63, 3.8) is 0 Å². The lowest BCUT2D eigenvalue weighted by molar-refractivity contribution is 0.0769. The lowest BCUT2D eigenvalue weighted by Gasteiger charge is -2.23. The van der Waals surface area contributed by atoms with E-state index in [0.29, 0.717) is 18.6 Å². The van der Waals surface area contributed by atoms with E-state index >= 15 is 0 Å². The van der Waals surface area contributed by atoms with Crippen LogP contribution in [0.2, 0.25) is 0 Å². The molecule has 2 aliphatic rings. The molecule has 0 bridgehead atoms. The van der Waals surface area contributed by atoms with Gasteiger partial charge in [0.25, 0.3) is 5.91 Å². The molecule has 2 atom stereocenters. The Labute approximate surface area is 161 Å². The summed E-state index contributed by atoms with van der Waals surface area (Å²) in [6.45, 7) is 6.43. The summed E-state index contributed by atoms with van der Waals surface area (Å²) < 4.78 is 11.0. The van der Waals surface area contributed by atoms with E-state index in [1.165, 1.54) is 5.56 Å². The minimum atomic E-state index is 0.181. The van der Waals surface area contributed by atoms with E-state index in [2.05, 4.69) is 32.0 Å². The Morgan fingerprint density at radius 2 is 1.93 bits per heavy atom. The number of fused-ring (bicyclic) bond motifs is 2. The molecule has 27 heavy (non-hydrogen) atoms. The third-order valence-electron chi connectivity index (χ3n) is 5.84. The SMILES string of the molecule is CCC(CC(C)CCN1Cc2ccccc2C1=O)c1ccc2c(c1)OCO2. The van der Waals surface area contributed by atoms with Crippen LogP contribution in [0.5, 0.6) is 11.5 Å². The molecule has 1 amide bonds. The van der Waals surface area contributed by atoms with E-state index in [4.69, 9.17) is 9.47 Å². The average molecular weight is 365 g/mol. The summed E-state index contributed by atoms with van der Waals surface area (Å²) in [5, 5.41) is 0. The van der Waals surface area contributed by atoms with Gasteiger partial charge in [-0.3, -0.25) is 4.79 Å². The molecule has 142 valence electrons. The second-order valence-electron chi connectivity index (χ2n) is 7.73. The van der Waals surface area contributed by atoms with Gasteiger partial charge in [-0.05, 0) is 60.4 Å². The maximum absolute atomic E-state index is 12.5. The van der Waals surface area contributed by atoms with Gasteiger partial charge in [-0.15, -0.1) is 0 Å². The normalized spacial score (nSPS) is 17.1. The van der Waals surface area contributed by atoms with Gasteiger partial charge in [0, 0.05) is 18.7 Å². The highest BCUT2D eigenvalue weighted by Crippen LogP contribution is 2.37. The van der Waals surface area contributed by atoms with E-state index in [1.807, 2.05) is 29.2 Å². The molecule has 0 saturated carbocycles. The van der Waals surface area contributed by atoms with Gasteiger partial charge >= 0.3 is 0 Å². The number of carbonyl (C=O) groups is 1. The first-order valence-electron chi connectivity index (χ1n) is 9.92. The summed E-state index contributed by atoms with van der Waals surface area (Å²) in [7, 11) is 0. The molecule has 2 aliphatic heterocycles. The molecule has 2 unspecified atom stereocenters. The first-order valence-corrected chi connectivity index (χ1v) is 9.92. The fourth-order valence-corrected chi connectivity index (χ4v) is 4.18. The highest BCUT2D eigenvalue weighted by molar-refractivity contribution is 5.98. The first kappa shape index (κ1) is 17.9. The summed E-state index contributed by atoms with van der Waals surface area (Å²) >= 11 is 0. The first-order chi connectivity index (χ1) is 13.2. The van der Waals surface area contributed by atoms with Gasteiger partial charge in [-0.2, -0.15) is 0 Å². The van der Waals surface area contributed by atoms with Crippen LogP contribution in [0.25, 0.3) is 0 Å². The number of amides is 1. The second-order valence-corrected chi connectivity index (χ2v) is 7.73. The Balaban J connectivity index is 1.33. The van der Waals surface area contributed by atoms with Crippen LogP contribution < -0.4 is 9.47 Å². The fraction of sp³-hybridized carbons (Fsp3) is 0.435. The van der Waals surface area contributed by atoms with Crippen LogP contribution in [0, 0.1) is 5.92 Å². The summed E-state index contributed by atoms with van der Waals surface area (Å²) in [5.41, 5.74) is 3.34. The summed E-state index contributed by atoms with van der Waals surface area (Å²) in [6, 6.07) is 14.3. The Morgan fingerprint density at radius 3 is 2.74 bits per heavy atom. The van der Waals surface area contributed by atoms with Crippen LogP contribution in [0.1, 0.15) is 60.5 Å². The zero-order valence-corrected chi connectivity index (χ0v) is 16.1. The maximum atomic E-state index is 12.5. The molecule has 2 heterocycles. The van der Waals surface area contributed by atoms with Crippen LogP contribution >= 0.6 is 0 Å². The average Bonchev–Trinajstić information content (AvgIpc) is 3.28. The molecule has 0 spiro atoms. The Kier molecular flexibility index (Phi) is 5.06. The van der Waals surface area contributed by atoms with Gasteiger partial charge in [-0.1, -0.05) is 38.1 Å². The third kappa shape index (κ3) is 3.66. The zero-order chi connectivity index (χ0) is 18.8. The van der Waals surface area contributed by atoms with Crippen molar-refractivity contribution in [2.75, 3.05) is 13.3 Å². The Hall–Kier alpha value is -2.49. The number of ether oxygens (including phenoxy) is 2. The van der Waals surface area contributed by atoms with Crippen molar-refractivity contribution in [3.05, 3.63) is 59.2 Å². The van der Waals surface area contributed by atoms with Crippen molar-refractivity contribution < 1.29 is 14.3 Å². The standard InChI is InChI=1S/C23H27NO3/c1-3-17(18-8-9-21-22(13-18)27-15-26-21)12-16(2)10-11-24-14-19-6-4-5-7-20(19)23(24)25/h4-9,13,16-17H,3,10-12,14-15H2,1-2H3. The Bertz CT molecular complexity index is 832. The van der Waals surface area contributed by atoms with Gasteiger partial charge in [0.1, 0.15) is 0 Å². The van der Waals surface area contributed by atoms with Crippen LogP contribution in [0.4, 0.5) is 0 Å². The summed E-state index contributed by atoms with van der Waals surface area (Å²) in [6.07, 6.45) is 3.24. The van der Waals surface area contributed by atoms with E-state index < -0.39 is 0 Å². The fourth-order valence-electron chi connectivity index (χ4n) is 4.18. The highest BCUT2D eigenvalue weighted by atomic mass is 16.7. The molecule has 4 rings (SSSR count). The third-order valence-corrected chi connectivity index (χ3v) is 5.84. The van der Waals surface area contributed by atoms with Crippen molar-refractivity contribution in [1.82, 2.24) is 4.90 Å². The van der Waals surface area contributed by atoms with Gasteiger partial charge in [0.2, 0.25) is 6.79 Å². The molecule has 2 aromatic rings. The molecular weight excluding hydrogens is 338 g/mol. The molecule has 0 fully saturated rings. The molecule has 0 radical (unpaired) electrons. The number of nitrogens with zero attached hydrogens (tertiary/aromatic N) is 1. The Morgan fingerprint density at radius 1 is 1.11 bits per heavy atom. The molecule has 0 aromatic heterocycles. The number of hydrogen-bond acceptors (Lipinski definition) is 3. The maximum Gasteiger partial charge on any atom is 0.254 e. The molecule has 2 aromatic carbocycles. The summed E-state index contributed by atoms with van der Waals surface area (Å²) in [4.78, 5) is 14.5. The smallest absolute Gasteiger partial charge is 0.254 e. The van der Waals surface area contributed by atoms with Crippen molar-refractivity contribution in [2.45, 2.75) is 45.6 Å². The van der Waals surface area contributed by atoms with E-state index in [1.54, 1.807) is 0 Å². The number of rotatable bonds is 7. The molecule has 0 saturated heterocycles. The predicted molar refractivity (Wildman–Crippen MR) is 105 cm³/mol. The molecule has 0 N–H and O–H groups in total. The van der Waals surface area contributed by atoms with Crippen LogP contribution in [-0.2, 0) is 6.54 Å². The van der Waals surface area contributed by atoms with Crippen molar-refractivity contribution in [1.29, 1.82) is 0 Å². The minimum Gasteiger partial charge on any atom is -0.454 e. The van der Waals surface area contributed by atoms with Crippen molar-refractivity contribution in [3.8, 4) is 11.5 Å². The summed E-state index contributed by atoms with van der Waals surface area (Å²) in [5.74, 6) is 2.94. The predicted octanol–water partition coefficient (Wildman–Crippen LogP) is 4.98. The van der Waals surface area contributed by atoms with Gasteiger partial charge in [-0.25, -0.2) is 0 Å². The van der Waals surface area contributed by atoms with Crippen LogP contribution in [0.15, 0.2) is 42.5 Å². The molecule has 0 aliphatic carbocycles. The lowest BCUT2D eigenvalue weighted by atomic mass is 9.86. The van der Waals surface area contributed by atoms with Gasteiger partial charge in [0.15, 0.2) is 11.5 Å². The van der Waals surface area contributed by atoms with Gasteiger partial charge in [0.05, 0.1) is 0 Å². The highest BCUT2D eigenvalue weighted by Gasteiger charge is 2.27. The largest absolute Gasteiger partial charge is 0.454 e. The number of carbonyl (C=O) groups excluding carboxylic acids is 1. The van der Waals surface area contributed by atoms with E-state index in [9.17, 15) is 4.79 Å². The topological polar surface area (TPSA) is 38.8 Å². The quantitative estimate of drug-likeness (QED) is 0.694. The van der Waals surface area contributed by atoms with Crippen LogP contribution in [-0.4, -0.2) is 24.1 Å². The number of benzene rings is 2. The van der Waals surface area contributed by atoms with Gasteiger partial charge < -0.3 is 14.4 Å². The molecular formula is C23H27NO3. The molecule has 4 nitrogen and oxygen atoms in total. The van der Waals surface area contributed by atoms with Crippen molar-refractivity contribution >= 4 is 5.91 Å².